The number of alkyl halides is 1. The summed E-state index contributed by atoms with van der Waals surface area (Å²) in [5.41, 5.74) is -2.16. The molecule has 0 spiro atoms. The van der Waals surface area contributed by atoms with E-state index in [0.717, 1.165) is 0 Å². The zero-order valence-corrected chi connectivity index (χ0v) is 18.0. The van der Waals surface area contributed by atoms with Gasteiger partial charge < -0.3 is 0 Å². The summed E-state index contributed by atoms with van der Waals surface area (Å²) < 4.78 is 213. The minimum Gasteiger partial charge on any atom is -0.204 e. The Labute approximate surface area is 194 Å². The monoisotopic (exact) mass is 578 g/mol. The van der Waals surface area contributed by atoms with E-state index in [-0.39, 0.29) is 0 Å². The minimum atomic E-state index is -6.85. The third kappa shape index (κ3) is 3.48. The second-order valence-corrected chi connectivity index (χ2v) is 11.3. The van der Waals surface area contributed by atoms with E-state index in [1.54, 1.807) is 0 Å². The molecule has 0 aliphatic carbocycles. The van der Waals surface area contributed by atoms with Crippen molar-refractivity contribution in [2.75, 3.05) is 5.50 Å². The minimum absolute atomic E-state index is 2.16. The first kappa shape index (κ1) is 27.7. The van der Waals surface area contributed by atoms with Gasteiger partial charge in [0.2, 0.25) is 17.5 Å². The van der Waals surface area contributed by atoms with Crippen molar-refractivity contribution < 1.29 is 65.9 Å². The molecule has 17 heteroatoms. The summed E-state index contributed by atoms with van der Waals surface area (Å²) in [6.45, 7) is 0. The second kappa shape index (κ2) is 9.21. The van der Waals surface area contributed by atoms with Crippen molar-refractivity contribution in [2.45, 2.75) is 0 Å². The topological polar surface area (TPSA) is 0 Å². The Kier molecular flexibility index (Phi) is 7.08. The number of halogens is 16. The summed E-state index contributed by atoms with van der Waals surface area (Å²) >= 11 is 5.44. The van der Waals surface area contributed by atoms with Crippen LogP contribution in [0.4, 0.5) is 65.9 Å². The maximum atomic E-state index is 14.8. The Morgan fingerprint density at radius 1 is 0.306 bits per heavy atom. The van der Waals surface area contributed by atoms with Gasteiger partial charge >= 0.3 is 0 Å². The van der Waals surface area contributed by atoms with Gasteiger partial charge in [-0.1, -0.05) is 0 Å². The summed E-state index contributed by atoms with van der Waals surface area (Å²) in [7, 11) is -6.85. The highest BCUT2D eigenvalue weighted by Gasteiger charge is 2.55. The number of rotatable bonds is 4. The van der Waals surface area contributed by atoms with Crippen LogP contribution >= 0.6 is 11.6 Å². The fraction of sp³-hybridized carbons (Fsp3) is 0.0526. The largest absolute Gasteiger partial charge is 0.204 e. The van der Waals surface area contributed by atoms with Gasteiger partial charge in [0.25, 0.3) is 0 Å². The molecule has 0 aromatic heterocycles. The normalized spacial score (nSPS) is 12.0. The molecule has 0 radical (unpaired) electrons. The molecule has 0 atom stereocenters. The van der Waals surface area contributed by atoms with E-state index in [9.17, 15) is 65.9 Å². The van der Waals surface area contributed by atoms with E-state index < -0.39 is 116 Å². The molecule has 0 unspecified atom stereocenters. The fourth-order valence-electron chi connectivity index (χ4n) is 3.51. The zero-order valence-electron chi connectivity index (χ0n) is 16.3. The van der Waals surface area contributed by atoms with Crippen molar-refractivity contribution in [3.63, 3.8) is 0 Å². The average Bonchev–Trinajstić information content (AvgIpc) is 2.85. The molecule has 0 saturated carbocycles. The maximum absolute atomic E-state index is 14.8. The van der Waals surface area contributed by atoms with Gasteiger partial charge in [0.1, 0.15) is 0 Å². The lowest BCUT2D eigenvalue weighted by Gasteiger charge is -2.33. The Morgan fingerprint density at radius 2 is 0.444 bits per heavy atom. The number of benzene rings is 3. The van der Waals surface area contributed by atoms with E-state index in [2.05, 4.69) is 0 Å². The third-order valence-corrected chi connectivity index (χ3v) is 10.6. The quantitative estimate of drug-likeness (QED) is 0.102. The molecule has 3 aromatic carbocycles. The van der Waals surface area contributed by atoms with Crippen molar-refractivity contribution in [1.29, 1.82) is 0 Å². The van der Waals surface area contributed by atoms with Crippen LogP contribution in [0.15, 0.2) is 0 Å². The van der Waals surface area contributed by atoms with Gasteiger partial charge in [-0.2, -0.15) is 0 Å². The van der Waals surface area contributed by atoms with Crippen molar-refractivity contribution in [2.24, 2.45) is 0 Å². The first-order valence-electron chi connectivity index (χ1n) is 8.71. The summed E-state index contributed by atoms with van der Waals surface area (Å²) in [5, 5.41) is -7.96. The molecule has 0 bridgehead atoms. The molecule has 3 aromatic rings. The van der Waals surface area contributed by atoms with Crippen LogP contribution in [0.2, 0.25) is 0 Å². The molecular formula is C19H2ClF15Si. The van der Waals surface area contributed by atoms with E-state index in [1.165, 1.54) is 0 Å². The Bertz CT molecular complexity index is 1180. The second-order valence-electron chi connectivity index (χ2n) is 6.87. The molecule has 0 heterocycles. The van der Waals surface area contributed by atoms with Crippen LogP contribution in [0.3, 0.4) is 0 Å². The van der Waals surface area contributed by atoms with Crippen LogP contribution in [-0.2, 0) is 0 Å². The fourth-order valence-corrected chi connectivity index (χ4v) is 8.77. The smallest absolute Gasteiger partial charge is 0.200 e. The van der Waals surface area contributed by atoms with E-state index in [1.807, 2.05) is 0 Å². The molecule has 0 aliphatic rings. The van der Waals surface area contributed by atoms with Gasteiger partial charge in [-0.15, -0.1) is 11.6 Å². The maximum Gasteiger partial charge on any atom is 0.200 e. The molecule has 36 heavy (non-hydrogen) atoms. The highest BCUT2D eigenvalue weighted by molar-refractivity contribution is 7.14. The molecule has 0 fully saturated rings. The SMILES string of the molecule is Fc1c(F)c(F)c([Si](CCl)(c2c(F)c(F)c(F)c(F)c2F)c2c(F)c(F)c(F)c(F)c2F)c(F)c1F. The van der Waals surface area contributed by atoms with Crippen LogP contribution in [0, 0.1) is 87.3 Å². The van der Waals surface area contributed by atoms with Crippen LogP contribution in [0.1, 0.15) is 0 Å². The lowest BCUT2D eigenvalue weighted by molar-refractivity contribution is 0.379. The summed E-state index contributed by atoms with van der Waals surface area (Å²) in [6, 6.07) is 0. The standard InChI is InChI=1S/C19H2ClF15Si/c20-1-36(17-11(30)5(24)2(21)6(25)12(17)31,18-13(32)7(26)3(22)8(27)14(18)33)19-15(34)9(28)4(23)10(29)16(19)35/h1H2. The Morgan fingerprint density at radius 3 is 0.583 bits per heavy atom. The highest BCUT2D eigenvalue weighted by atomic mass is 35.5. The molecule has 3 rings (SSSR count). The number of hydrogen-bond acceptors (Lipinski definition) is 0. The Balaban J connectivity index is 2.84. The molecule has 0 N–H and O–H groups in total. The summed E-state index contributed by atoms with van der Waals surface area (Å²) in [4.78, 5) is 0. The first-order valence-corrected chi connectivity index (χ1v) is 11.4. The van der Waals surface area contributed by atoms with E-state index in [4.69, 9.17) is 11.6 Å². The number of hydrogen-bond donors (Lipinski definition) is 0. The van der Waals surface area contributed by atoms with Crippen molar-refractivity contribution >= 4 is 35.2 Å². The molecule has 0 aliphatic heterocycles. The molecular weight excluding hydrogens is 577 g/mol. The summed E-state index contributed by atoms with van der Waals surface area (Å²) in [6.07, 6.45) is 0. The van der Waals surface area contributed by atoms with Gasteiger partial charge in [0.15, 0.2) is 77.9 Å². The zero-order chi connectivity index (χ0) is 27.6. The van der Waals surface area contributed by atoms with Crippen molar-refractivity contribution in [3.8, 4) is 0 Å². The van der Waals surface area contributed by atoms with E-state index in [0.29, 0.717) is 0 Å². The predicted octanol–water partition coefficient (Wildman–Crippen LogP) is 5.02. The average molecular weight is 579 g/mol. The molecule has 0 saturated heterocycles. The van der Waals surface area contributed by atoms with Gasteiger partial charge in [0.05, 0.1) is 0 Å². The summed E-state index contributed by atoms with van der Waals surface area (Å²) in [5.74, 6) is -45.5. The van der Waals surface area contributed by atoms with Gasteiger partial charge in [-0.05, 0) is 0 Å². The Hall–Kier alpha value is -2.88. The van der Waals surface area contributed by atoms with Crippen LogP contribution in [0.25, 0.3) is 0 Å². The van der Waals surface area contributed by atoms with Crippen LogP contribution in [0.5, 0.6) is 0 Å². The first-order chi connectivity index (χ1) is 16.6. The van der Waals surface area contributed by atoms with Crippen molar-refractivity contribution in [3.05, 3.63) is 87.3 Å². The molecule has 0 nitrogen and oxygen atoms in total. The molecule has 194 valence electrons. The van der Waals surface area contributed by atoms with Crippen LogP contribution in [-0.4, -0.2) is 13.6 Å². The third-order valence-electron chi connectivity index (χ3n) is 5.11. The van der Waals surface area contributed by atoms with Gasteiger partial charge in [0, 0.05) is 21.1 Å². The lowest BCUT2D eigenvalue weighted by atomic mass is 10.3. The highest BCUT2D eigenvalue weighted by Crippen LogP contribution is 2.28. The van der Waals surface area contributed by atoms with Crippen molar-refractivity contribution in [1.82, 2.24) is 0 Å². The molecule has 0 amide bonds. The van der Waals surface area contributed by atoms with Gasteiger partial charge in [-0.3, -0.25) is 0 Å². The van der Waals surface area contributed by atoms with Crippen LogP contribution < -0.4 is 15.6 Å². The predicted molar refractivity (Wildman–Crippen MR) is 94.1 cm³/mol. The van der Waals surface area contributed by atoms with E-state index >= 15 is 0 Å². The van der Waals surface area contributed by atoms with Gasteiger partial charge in [-0.25, -0.2) is 65.9 Å². The lowest BCUT2D eigenvalue weighted by Crippen LogP contribution is -2.75.